The first-order valence-electron chi connectivity index (χ1n) is 10.2. The van der Waals surface area contributed by atoms with E-state index in [9.17, 15) is 4.79 Å². The van der Waals surface area contributed by atoms with E-state index in [1.165, 1.54) is 22.9 Å². The lowest BCUT2D eigenvalue weighted by Gasteiger charge is -2.14. The second-order valence-electron chi connectivity index (χ2n) is 7.71. The highest BCUT2D eigenvalue weighted by Gasteiger charge is 2.32. The normalized spacial score (nSPS) is 15.0. The van der Waals surface area contributed by atoms with Crippen molar-refractivity contribution in [3.05, 3.63) is 104 Å². The van der Waals surface area contributed by atoms with Gasteiger partial charge in [-0.15, -0.1) is 0 Å². The second-order valence-corrected chi connectivity index (χ2v) is 10.3. The minimum atomic E-state index is -0.0787. The Bertz CT molecular complexity index is 1190. The summed E-state index contributed by atoms with van der Waals surface area (Å²) in [5.74, 6) is 0.641. The van der Waals surface area contributed by atoms with Gasteiger partial charge < -0.3 is 4.74 Å². The van der Waals surface area contributed by atoms with Gasteiger partial charge in [-0.2, -0.15) is 0 Å². The SMILES string of the molecule is Cc1ccc(COc2ccc(Br)cc2/C=C2\SC(=S)N(Cc3ccc(C)cc3)C2=O)cc1. The number of hydrogen-bond donors (Lipinski definition) is 0. The van der Waals surface area contributed by atoms with Crippen molar-refractivity contribution >= 4 is 56.2 Å². The van der Waals surface area contributed by atoms with Crippen LogP contribution < -0.4 is 4.74 Å². The molecule has 1 amide bonds. The number of carbonyl (C=O) groups is 1. The molecular formula is C26H22BrNO2S2. The van der Waals surface area contributed by atoms with Crippen molar-refractivity contribution in [1.29, 1.82) is 0 Å². The highest BCUT2D eigenvalue weighted by atomic mass is 79.9. The van der Waals surface area contributed by atoms with Gasteiger partial charge in [0, 0.05) is 10.0 Å². The van der Waals surface area contributed by atoms with Crippen LogP contribution in [0.3, 0.4) is 0 Å². The number of aryl methyl sites for hydroxylation is 2. The maximum atomic E-state index is 13.1. The van der Waals surface area contributed by atoms with Crippen LogP contribution >= 0.6 is 39.9 Å². The first kappa shape index (κ1) is 22.8. The predicted molar refractivity (Wildman–Crippen MR) is 140 cm³/mol. The van der Waals surface area contributed by atoms with Crippen molar-refractivity contribution in [1.82, 2.24) is 4.90 Å². The molecule has 0 saturated carbocycles. The molecule has 0 N–H and O–H groups in total. The maximum absolute atomic E-state index is 13.1. The van der Waals surface area contributed by atoms with Gasteiger partial charge in [-0.3, -0.25) is 9.69 Å². The van der Waals surface area contributed by atoms with Crippen LogP contribution in [0.5, 0.6) is 5.75 Å². The van der Waals surface area contributed by atoms with E-state index in [1.807, 2.05) is 55.5 Å². The van der Waals surface area contributed by atoms with Crippen LogP contribution in [-0.2, 0) is 17.9 Å². The maximum Gasteiger partial charge on any atom is 0.266 e. The lowest BCUT2D eigenvalue weighted by Crippen LogP contribution is -2.27. The Morgan fingerprint density at radius 1 is 0.969 bits per heavy atom. The zero-order valence-corrected chi connectivity index (χ0v) is 21.0. The first-order chi connectivity index (χ1) is 15.4. The summed E-state index contributed by atoms with van der Waals surface area (Å²) in [6.45, 7) is 5.03. The van der Waals surface area contributed by atoms with Crippen LogP contribution in [0.15, 0.2) is 76.1 Å². The molecule has 32 heavy (non-hydrogen) atoms. The summed E-state index contributed by atoms with van der Waals surface area (Å²) >= 11 is 10.4. The Morgan fingerprint density at radius 2 is 1.59 bits per heavy atom. The van der Waals surface area contributed by atoms with Crippen LogP contribution in [0.4, 0.5) is 0 Å². The standard InChI is InChI=1S/C26H22BrNO2S2/c1-17-3-7-19(8-4-17)15-28-25(29)24(32-26(28)31)14-21-13-22(27)11-12-23(21)30-16-20-9-5-18(2)6-10-20/h3-14H,15-16H2,1-2H3/b24-14-. The van der Waals surface area contributed by atoms with E-state index in [2.05, 4.69) is 47.1 Å². The molecule has 0 unspecified atom stereocenters. The van der Waals surface area contributed by atoms with Gasteiger partial charge in [0.15, 0.2) is 0 Å². The van der Waals surface area contributed by atoms with Crippen molar-refractivity contribution in [2.45, 2.75) is 27.0 Å². The molecule has 0 aromatic heterocycles. The average molecular weight is 525 g/mol. The molecule has 0 atom stereocenters. The van der Waals surface area contributed by atoms with Gasteiger partial charge in [0.05, 0.1) is 11.4 Å². The van der Waals surface area contributed by atoms with Gasteiger partial charge in [0.2, 0.25) is 0 Å². The Labute approximate surface area is 206 Å². The zero-order valence-electron chi connectivity index (χ0n) is 17.8. The van der Waals surface area contributed by atoms with E-state index >= 15 is 0 Å². The molecule has 6 heteroatoms. The molecule has 1 aliphatic heterocycles. The smallest absolute Gasteiger partial charge is 0.266 e. The Balaban J connectivity index is 1.54. The number of ether oxygens (including phenoxy) is 1. The minimum absolute atomic E-state index is 0.0787. The summed E-state index contributed by atoms with van der Waals surface area (Å²) in [6.07, 6.45) is 1.86. The topological polar surface area (TPSA) is 29.5 Å². The van der Waals surface area contributed by atoms with Gasteiger partial charge in [0.1, 0.15) is 16.7 Å². The first-order valence-corrected chi connectivity index (χ1v) is 12.2. The van der Waals surface area contributed by atoms with Crippen LogP contribution in [0, 0.1) is 13.8 Å². The lowest BCUT2D eigenvalue weighted by molar-refractivity contribution is -0.122. The molecule has 0 radical (unpaired) electrons. The van der Waals surface area contributed by atoms with E-state index in [1.54, 1.807) is 4.90 Å². The van der Waals surface area contributed by atoms with Gasteiger partial charge in [-0.05, 0) is 49.2 Å². The number of nitrogens with zero attached hydrogens (tertiary/aromatic N) is 1. The fourth-order valence-electron chi connectivity index (χ4n) is 3.26. The van der Waals surface area contributed by atoms with Crippen molar-refractivity contribution in [3.8, 4) is 5.75 Å². The summed E-state index contributed by atoms with van der Waals surface area (Å²) in [7, 11) is 0. The fraction of sp³-hybridized carbons (Fsp3) is 0.154. The number of carbonyl (C=O) groups excluding carboxylic acids is 1. The molecule has 0 aliphatic carbocycles. The number of benzene rings is 3. The molecule has 0 bridgehead atoms. The molecule has 3 aromatic carbocycles. The van der Waals surface area contributed by atoms with Gasteiger partial charge >= 0.3 is 0 Å². The fourth-order valence-corrected chi connectivity index (χ4v) is 4.89. The van der Waals surface area contributed by atoms with E-state index in [0.717, 1.165) is 26.9 Å². The Kier molecular flexibility index (Phi) is 7.13. The second kappa shape index (κ2) is 10.0. The number of halogens is 1. The Hall–Kier alpha value is -2.41. The van der Waals surface area contributed by atoms with Crippen LogP contribution in [0.25, 0.3) is 6.08 Å². The van der Waals surface area contributed by atoms with Gasteiger partial charge in [0.25, 0.3) is 5.91 Å². The third-order valence-corrected chi connectivity index (χ3v) is 6.98. The number of thioether (sulfide) groups is 1. The lowest BCUT2D eigenvalue weighted by atomic mass is 10.1. The quantitative estimate of drug-likeness (QED) is 0.255. The molecule has 1 aliphatic rings. The van der Waals surface area contributed by atoms with Crippen LogP contribution in [0.1, 0.15) is 27.8 Å². The van der Waals surface area contributed by atoms with E-state index in [-0.39, 0.29) is 5.91 Å². The molecule has 1 fully saturated rings. The number of amides is 1. The predicted octanol–water partition coefficient (Wildman–Crippen LogP) is 7.05. The van der Waals surface area contributed by atoms with Crippen molar-refractivity contribution in [2.24, 2.45) is 0 Å². The summed E-state index contributed by atoms with van der Waals surface area (Å²) in [4.78, 5) is 15.3. The van der Waals surface area contributed by atoms with E-state index in [0.29, 0.717) is 22.4 Å². The number of hydrogen-bond acceptors (Lipinski definition) is 4. The largest absolute Gasteiger partial charge is 0.488 e. The van der Waals surface area contributed by atoms with E-state index in [4.69, 9.17) is 17.0 Å². The Morgan fingerprint density at radius 3 is 2.25 bits per heavy atom. The molecule has 162 valence electrons. The highest BCUT2D eigenvalue weighted by molar-refractivity contribution is 9.10. The van der Waals surface area contributed by atoms with E-state index < -0.39 is 0 Å². The van der Waals surface area contributed by atoms with Crippen LogP contribution in [0.2, 0.25) is 0 Å². The molecule has 3 nitrogen and oxygen atoms in total. The summed E-state index contributed by atoms with van der Waals surface area (Å²) in [5, 5.41) is 0. The average Bonchev–Trinajstić information content (AvgIpc) is 3.03. The summed E-state index contributed by atoms with van der Waals surface area (Å²) in [5.41, 5.74) is 5.38. The van der Waals surface area contributed by atoms with Gasteiger partial charge in [-0.1, -0.05) is 99.6 Å². The molecule has 1 heterocycles. The zero-order chi connectivity index (χ0) is 22.7. The highest BCUT2D eigenvalue weighted by Crippen LogP contribution is 2.36. The number of rotatable bonds is 6. The van der Waals surface area contributed by atoms with Crippen molar-refractivity contribution in [3.63, 3.8) is 0 Å². The molecule has 1 saturated heterocycles. The summed E-state index contributed by atoms with van der Waals surface area (Å²) in [6, 6.07) is 22.2. The van der Waals surface area contributed by atoms with Crippen LogP contribution in [-0.4, -0.2) is 15.1 Å². The van der Waals surface area contributed by atoms with Gasteiger partial charge in [-0.25, -0.2) is 0 Å². The third kappa shape index (κ3) is 5.49. The van der Waals surface area contributed by atoms with Crippen molar-refractivity contribution < 1.29 is 9.53 Å². The number of thiocarbonyl (C=S) groups is 1. The molecule has 4 rings (SSSR count). The monoisotopic (exact) mass is 523 g/mol. The molecule has 3 aromatic rings. The minimum Gasteiger partial charge on any atom is -0.488 e. The van der Waals surface area contributed by atoms with Crippen molar-refractivity contribution in [2.75, 3.05) is 0 Å². The summed E-state index contributed by atoms with van der Waals surface area (Å²) < 4.78 is 7.58. The molecule has 0 spiro atoms. The molecular weight excluding hydrogens is 502 g/mol. The third-order valence-electron chi connectivity index (χ3n) is 5.11.